The van der Waals surface area contributed by atoms with Gasteiger partial charge in [-0.15, -0.1) is 0 Å². The topological polar surface area (TPSA) is 117 Å². The van der Waals surface area contributed by atoms with Crippen LogP contribution in [0.25, 0.3) is 0 Å². The maximum atomic E-state index is 13.0. The van der Waals surface area contributed by atoms with Crippen LogP contribution in [0.5, 0.6) is 17.4 Å². The number of carbonyl (C=O) groups is 2. The summed E-state index contributed by atoms with van der Waals surface area (Å²) in [5, 5.41) is 11.6. The Morgan fingerprint density at radius 1 is 0.921 bits per heavy atom. The first-order chi connectivity index (χ1) is 18.5. The van der Waals surface area contributed by atoms with Gasteiger partial charge in [0.25, 0.3) is 11.8 Å². The Morgan fingerprint density at radius 3 is 2.29 bits per heavy atom. The molecule has 1 N–H and O–H groups in total. The summed E-state index contributed by atoms with van der Waals surface area (Å²) in [6.45, 7) is 0.851. The van der Waals surface area contributed by atoms with Crippen molar-refractivity contribution in [1.82, 2.24) is 14.9 Å². The van der Waals surface area contributed by atoms with Gasteiger partial charge in [0.2, 0.25) is 5.88 Å². The van der Waals surface area contributed by atoms with Crippen molar-refractivity contribution >= 4 is 17.5 Å². The van der Waals surface area contributed by atoms with E-state index in [2.05, 4.69) is 21.4 Å². The van der Waals surface area contributed by atoms with Crippen LogP contribution in [0, 0.1) is 17.1 Å². The van der Waals surface area contributed by atoms with E-state index in [9.17, 15) is 14.0 Å². The van der Waals surface area contributed by atoms with Gasteiger partial charge in [0.15, 0.2) is 0 Å². The lowest BCUT2D eigenvalue weighted by Gasteiger charge is -2.39. The fourth-order valence-electron chi connectivity index (χ4n) is 3.65. The molecule has 38 heavy (non-hydrogen) atoms. The van der Waals surface area contributed by atoms with Crippen molar-refractivity contribution in [3.8, 4) is 23.4 Å². The van der Waals surface area contributed by atoms with Gasteiger partial charge in [-0.25, -0.2) is 9.37 Å². The van der Waals surface area contributed by atoms with Gasteiger partial charge in [0.1, 0.15) is 29.1 Å². The molecule has 2 aromatic carbocycles. The summed E-state index contributed by atoms with van der Waals surface area (Å²) in [5.74, 6) is 0.328. The number of nitriles is 1. The molecule has 1 aliphatic rings. The molecule has 4 aromatic rings. The van der Waals surface area contributed by atoms with E-state index >= 15 is 0 Å². The second-order valence-electron chi connectivity index (χ2n) is 8.41. The molecule has 0 atom stereocenters. The SMILES string of the molecule is N#Cc1ccc(OC2CN(C(=O)c3ccc(C(=O)Nc4ccc(Oc5ccc(F)cc5)nc4)nc3)C2)cc1. The molecular weight excluding hydrogens is 489 g/mol. The Bertz CT molecular complexity index is 1480. The van der Waals surface area contributed by atoms with Crippen molar-refractivity contribution in [3.63, 3.8) is 0 Å². The van der Waals surface area contributed by atoms with E-state index in [1.54, 1.807) is 47.4 Å². The number of halogens is 1. The van der Waals surface area contributed by atoms with Gasteiger partial charge in [-0.1, -0.05) is 0 Å². The first-order valence-electron chi connectivity index (χ1n) is 11.6. The molecule has 0 bridgehead atoms. The third-order valence-electron chi connectivity index (χ3n) is 5.69. The van der Waals surface area contributed by atoms with E-state index in [1.165, 1.54) is 42.7 Å². The zero-order valence-electron chi connectivity index (χ0n) is 19.9. The van der Waals surface area contributed by atoms with E-state index in [4.69, 9.17) is 14.7 Å². The average Bonchev–Trinajstić information content (AvgIpc) is 2.93. The monoisotopic (exact) mass is 509 g/mol. The van der Waals surface area contributed by atoms with Crippen LogP contribution in [0.3, 0.4) is 0 Å². The predicted molar refractivity (Wildman–Crippen MR) is 134 cm³/mol. The number of pyridine rings is 2. The third-order valence-corrected chi connectivity index (χ3v) is 5.69. The predicted octanol–water partition coefficient (Wildman–Crippen LogP) is 4.44. The minimum absolute atomic E-state index is 0.133. The summed E-state index contributed by atoms with van der Waals surface area (Å²) in [6, 6.07) is 20.6. The molecular formula is C28H20FN5O4. The van der Waals surface area contributed by atoms with Crippen LogP contribution in [0.4, 0.5) is 10.1 Å². The summed E-state index contributed by atoms with van der Waals surface area (Å²) in [6.07, 6.45) is 2.66. The number of ether oxygens (including phenoxy) is 2. The van der Waals surface area contributed by atoms with Crippen molar-refractivity contribution in [3.05, 3.63) is 108 Å². The highest BCUT2D eigenvalue weighted by atomic mass is 19.1. The zero-order valence-corrected chi connectivity index (χ0v) is 19.9. The number of rotatable bonds is 7. The Morgan fingerprint density at radius 2 is 1.66 bits per heavy atom. The van der Waals surface area contributed by atoms with Gasteiger partial charge in [0.05, 0.1) is 42.2 Å². The molecule has 0 aliphatic carbocycles. The fourth-order valence-corrected chi connectivity index (χ4v) is 3.65. The second kappa shape index (κ2) is 10.8. The number of carbonyl (C=O) groups excluding carboxylic acids is 2. The Kier molecular flexibility index (Phi) is 6.91. The molecule has 10 heteroatoms. The Balaban J connectivity index is 1.11. The lowest BCUT2D eigenvalue weighted by Crippen LogP contribution is -2.56. The number of benzene rings is 2. The molecule has 1 fully saturated rings. The smallest absolute Gasteiger partial charge is 0.274 e. The van der Waals surface area contributed by atoms with E-state index in [1.807, 2.05) is 0 Å². The minimum Gasteiger partial charge on any atom is -0.487 e. The van der Waals surface area contributed by atoms with Gasteiger partial charge in [-0.3, -0.25) is 14.6 Å². The molecule has 2 amide bonds. The number of likely N-dealkylation sites (tertiary alicyclic amines) is 1. The average molecular weight is 509 g/mol. The first-order valence-corrected chi connectivity index (χ1v) is 11.6. The summed E-state index contributed by atoms with van der Waals surface area (Å²) < 4.78 is 24.4. The molecule has 0 unspecified atom stereocenters. The number of amides is 2. The highest BCUT2D eigenvalue weighted by molar-refractivity contribution is 6.03. The van der Waals surface area contributed by atoms with Gasteiger partial charge in [0, 0.05) is 12.3 Å². The lowest BCUT2D eigenvalue weighted by molar-refractivity contribution is 0.0177. The van der Waals surface area contributed by atoms with Gasteiger partial charge < -0.3 is 19.7 Å². The Hall–Kier alpha value is -5.30. The molecule has 1 saturated heterocycles. The molecule has 0 spiro atoms. The molecule has 1 aliphatic heterocycles. The highest BCUT2D eigenvalue weighted by Crippen LogP contribution is 2.22. The minimum atomic E-state index is -0.460. The van der Waals surface area contributed by atoms with E-state index < -0.39 is 5.91 Å². The number of nitrogens with zero attached hydrogens (tertiary/aromatic N) is 4. The van der Waals surface area contributed by atoms with Crippen LogP contribution >= 0.6 is 0 Å². The maximum absolute atomic E-state index is 13.0. The van der Waals surface area contributed by atoms with Crippen molar-refractivity contribution in [2.75, 3.05) is 18.4 Å². The zero-order chi connectivity index (χ0) is 26.5. The summed E-state index contributed by atoms with van der Waals surface area (Å²) in [5.41, 5.74) is 1.48. The van der Waals surface area contributed by atoms with E-state index in [0.29, 0.717) is 41.4 Å². The molecule has 2 aromatic heterocycles. The molecule has 3 heterocycles. The number of anilines is 1. The highest BCUT2D eigenvalue weighted by Gasteiger charge is 2.33. The standard InChI is InChI=1S/C28H20FN5O4/c29-20-4-9-23(10-5-20)38-26-12-6-21(15-32-26)33-27(35)25-11-3-19(14-31-25)28(36)34-16-24(17-34)37-22-7-1-18(13-30)2-8-22/h1-12,14-15,24H,16-17H2,(H,33,35). The maximum Gasteiger partial charge on any atom is 0.274 e. The molecule has 5 rings (SSSR count). The van der Waals surface area contributed by atoms with Crippen molar-refractivity contribution in [2.24, 2.45) is 0 Å². The lowest BCUT2D eigenvalue weighted by atomic mass is 10.1. The third kappa shape index (κ3) is 5.74. The summed E-state index contributed by atoms with van der Waals surface area (Å²) in [4.78, 5) is 35.2. The van der Waals surface area contributed by atoms with Gasteiger partial charge >= 0.3 is 0 Å². The van der Waals surface area contributed by atoms with Gasteiger partial charge in [-0.2, -0.15) is 5.26 Å². The number of hydrogen-bond acceptors (Lipinski definition) is 7. The van der Waals surface area contributed by atoms with Crippen molar-refractivity contribution in [1.29, 1.82) is 5.26 Å². The van der Waals surface area contributed by atoms with Crippen molar-refractivity contribution < 1.29 is 23.5 Å². The molecule has 0 saturated carbocycles. The number of aromatic nitrogens is 2. The van der Waals surface area contributed by atoms with Gasteiger partial charge in [-0.05, 0) is 66.7 Å². The first kappa shape index (κ1) is 24.4. The van der Waals surface area contributed by atoms with Crippen molar-refractivity contribution in [2.45, 2.75) is 6.10 Å². The van der Waals surface area contributed by atoms with Crippen LogP contribution < -0.4 is 14.8 Å². The van der Waals surface area contributed by atoms with Crippen LogP contribution in [-0.2, 0) is 0 Å². The summed E-state index contributed by atoms with van der Waals surface area (Å²) >= 11 is 0. The van der Waals surface area contributed by atoms with Crippen LogP contribution in [0.15, 0.2) is 85.2 Å². The Labute approximate surface area is 217 Å². The number of hydrogen-bond donors (Lipinski definition) is 1. The quantitative estimate of drug-likeness (QED) is 0.391. The second-order valence-corrected chi connectivity index (χ2v) is 8.41. The molecule has 9 nitrogen and oxygen atoms in total. The van der Waals surface area contributed by atoms with E-state index in [0.717, 1.165) is 0 Å². The molecule has 188 valence electrons. The fraction of sp³-hybridized carbons (Fsp3) is 0.107. The normalized spacial score (nSPS) is 12.7. The van der Waals surface area contributed by atoms with Crippen LogP contribution in [0.2, 0.25) is 0 Å². The number of nitrogens with one attached hydrogen (secondary N) is 1. The van der Waals surface area contributed by atoms with E-state index in [-0.39, 0.29) is 29.4 Å². The molecule has 0 radical (unpaired) electrons. The van der Waals surface area contributed by atoms with Crippen LogP contribution in [-0.4, -0.2) is 45.9 Å². The summed E-state index contributed by atoms with van der Waals surface area (Å²) in [7, 11) is 0. The van der Waals surface area contributed by atoms with Crippen LogP contribution in [0.1, 0.15) is 26.4 Å². The largest absolute Gasteiger partial charge is 0.487 e.